The highest BCUT2D eigenvalue weighted by Crippen LogP contribution is 2.42. The molecule has 0 aromatic carbocycles. The van der Waals surface area contributed by atoms with Gasteiger partial charge in [0.1, 0.15) is 12.7 Å². The Balaban J connectivity index is 1.47. The highest BCUT2D eigenvalue weighted by molar-refractivity contribution is 7.52. The zero-order chi connectivity index (χ0) is 30.3. The number of fused-ring (bicyclic) bond motifs is 1. The van der Waals surface area contributed by atoms with Gasteiger partial charge in [-0.1, -0.05) is 90.4 Å². The second kappa shape index (κ2) is 22.9. The Kier molecular flexibility index (Phi) is 19.9. The minimum absolute atomic E-state index is 0.133. The summed E-state index contributed by atoms with van der Waals surface area (Å²) in [4.78, 5) is 22.8. The topological polar surface area (TPSA) is 127 Å². The molecule has 2 aromatic rings. The molecule has 0 aliphatic carbocycles. The van der Waals surface area contributed by atoms with Crippen LogP contribution in [-0.2, 0) is 29.8 Å². The van der Waals surface area contributed by atoms with Crippen molar-refractivity contribution in [3.05, 3.63) is 12.7 Å². The van der Waals surface area contributed by atoms with Gasteiger partial charge in [0.05, 0.1) is 39.3 Å². The van der Waals surface area contributed by atoms with Crippen molar-refractivity contribution in [2.24, 2.45) is 0 Å². The number of hydrogen-bond acceptors (Lipinski definition) is 9. The lowest BCUT2D eigenvalue weighted by Gasteiger charge is -2.20. The number of imidazole rings is 1. The van der Waals surface area contributed by atoms with Crippen LogP contribution in [0.3, 0.4) is 0 Å². The van der Waals surface area contributed by atoms with E-state index < -0.39 is 20.0 Å². The van der Waals surface area contributed by atoms with Crippen LogP contribution in [0.1, 0.15) is 103 Å². The van der Waals surface area contributed by atoms with Crippen molar-refractivity contribution >= 4 is 18.8 Å². The van der Waals surface area contributed by atoms with E-state index in [4.69, 9.17) is 23.5 Å². The SMILES string of the molecule is CCCCCCCCCCCCCCCCOCCCOP(=O)(O)CO[C@H](COC)Cn1cnc2c(OC)ncnc21. The Hall–Kier alpha value is -1.62. The maximum Gasteiger partial charge on any atom is 0.353 e. The molecule has 0 radical (unpaired) electrons. The predicted molar refractivity (Wildman–Crippen MR) is 165 cm³/mol. The molecule has 2 aromatic heterocycles. The van der Waals surface area contributed by atoms with Gasteiger partial charge in [0.15, 0.2) is 11.2 Å². The molecular weight excluding hydrogens is 559 g/mol. The molecule has 0 aliphatic rings. The number of ether oxygens (including phenoxy) is 4. The number of hydrogen-bond donors (Lipinski definition) is 1. The highest BCUT2D eigenvalue weighted by Gasteiger charge is 2.23. The van der Waals surface area contributed by atoms with Crippen LogP contribution in [0.5, 0.6) is 5.88 Å². The first-order valence-electron chi connectivity index (χ1n) is 15.8. The number of methoxy groups -OCH3 is 2. The molecule has 0 aliphatic heterocycles. The summed E-state index contributed by atoms with van der Waals surface area (Å²) in [5.41, 5.74) is 1.10. The molecule has 2 rings (SSSR count). The van der Waals surface area contributed by atoms with Crippen molar-refractivity contribution < 1.29 is 32.9 Å². The van der Waals surface area contributed by atoms with Crippen molar-refractivity contribution in [3.8, 4) is 5.88 Å². The van der Waals surface area contributed by atoms with E-state index in [0.717, 1.165) is 13.0 Å². The van der Waals surface area contributed by atoms with Gasteiger partial charge in [0, 0.05) is 20.3 Å². The molecule has 11 nitrogen and oxygen atoms in total. The zero-order valence-corrected chi connectivity index (χ0v) is 27.1. The lowest BCUT2D eigenvalue weighted by molar-refractivity contribution is 0.00218. The normalized spacial score (nSPS) is 13.9. The minimum atomic E-state index is -3.92. The molecule has 0 bridgehead atoms. The third kappa shape index (κ3) is 15.7. The Morgan fingerprint density at radius 1 is 0.833 bits per heavy atom. The maximum atomic E-state index is 12.5. The van der Waals surface area contributed by atoms with Crippen LogP contribution in [0.2, 0.25) is 0 Å². The van der Waals surface area contributed by atoms with Crippen LogP contribution >= 0.6 is 7.60 Å². The molecule has 0 amide bonds. The summed E-state index contributed by atoms with van der Waals surface area (Å²) in [5.74, 6) is 0.375. The molecule has 0 saturated heterocycles. The average molecular weight is 615 g/mol. The number of aromatic nitrogens is 4. The van der Waals surface area contributed by atoms with Gasteiger partial charge in [-0.25, -0.2) is 9.97 Å². The van der Waals surface area contributed by atoms with E-state index in [1.807, 2.05) is 0 Å². The summed E-state index contributed by atoms with van der Waals surface area (Å²) >= 11 is 0. The first kappa shape index (κ1) is 36.6. The summed E-state index contributed by atoms with van der Waals surface area (Å²) in [6, 6.07) is 0. The fourth-order valence-corrected chi connectivity index (χ4v) is 5.69. The standard InChI is InChI=1S/C30H55N4O7P/c1-4-5-6-7-8-9-10-11-12-13-14-15-16-17-19-39-20-18-21-41-42(35,36)26-40-27(23-37-2)22-34-25-33-28-29(34)31-24-32-30(28)38-3/h24-25,27H,4-23,26H2,1-3H3,(H,35,36)/t27-/m0/s1. The van der Waals surface area contributed by atoms with Gasteiger partial charge < -0.3 is 32.9 Å². The van der Waals surface area contributed by atoms with E-state index in [0.29, 0.717) is 36.6 Å². The minimum Gasteiger partial charge on any atom is -0.479 e. The molecule has 0 fully saturated rings. The third-order valence-electron chi connectivity index (χ3n) is 7.16. The molecular formula is C30H55N4O7P. The largest absolute Gasteiger partial charge is 0.479 e. The molecule has 1 unspecified atom stereocenters. The van der Waals surface area contributed by atoms with Crippen molar-refractivity contribution in [3.63, 3.8) is 0 Å². The van der Waals surface area contributed by atoms with Gasteiger partial charge in [0.25, 0.3) is 0 Å². The Labute approximate surface area is 252 Å². The number of nitrogens with zero attached hydrogens (tertiary/aromatic N) is 4. The molecule has 12 heteroatoms. The van der Waals surface area contributed by atoms with Crippen LogP contribution < -0.4 is 4.74 Å². The number of rotatable bonds is 28. The fraction of sp³-hybridized carbons (Fsp3) is 0.833. The first-order valence-corrected chi connectivity index (χ1v) is 17.6. The van der Waals surface area contributed by atoms with Crippen LogP contribution in [0.15, 0.2) is 12.7 Å². The highest BCUT2D eigenvalue weighted by atomic mass is 31.2. The summed E-state index contributed by atoms with van der Waals surface area (Å²) < 4.78 is 41.3. The molecule has 2 atom stereocenters. The zero-order valence-electron chi connectivity index (χ0n) is 26.2. The first-order chi connectivity index (χ1) is 20.5. The Morgan fingerprint density at radius 2 is 1.45 bits per heavy atom. The molecule has 1 N–H and O–H groups in total. The van der Waals surface area contributed by atoms with Crippen molar-refractivity contribution in [1.29, 1.82) is 0 Å². The molecule has 0 saturated carbocycles. The van der Waals surface area contributed by atoms with E-state index >= 15 is 0 Å². The summed E-state index contributed by atoms with van der Waals surface area (Å²) in [7, 11) is -0.857. The van der Waals surface area contributed by atoms with Gasteiger partial charge in [-0.15, -0.1) is 0 Å². The predicted octanol–water partition coefficient (Wildman–Crippen LogP) is 6.91. The van der Waals surface area contributed by atoms with Crippen molar-refractivity contribution in [2.45, 2.75) is 116 Å². The second-order valence-corrected chi connectivity index (χ2v) is 12.6. The smallest absolute Gasteiger partial charge is 0.353 e. The van der Waals surface area contributed by atoms with Gasteiger partial charge in [-0.2, -0.15) is 4.98 Å². The molecule has 242 valence electrons. The average Bonchev–Trinajstić information content (AvgIpc) is 3.40. The van der Waals surface area contributed by atoms with Crippen LogP contribution in [0.25, 0.3) is 11.2 Å². The molecule has 42 heavy (non-hydrogen) atoms. The Bertz CT molecular complexity index is 994. The van der Waals surface area contributed by atoms with E-state index in [1.165, 1.54) is 96.9 Å². The van der Waals surface area contributed by atoms with Gasteiger partial charge in [-0.05, 0) is 12.8 Å². The summed E-state index contributed by atoms with van der Waals surface area (Å²) in [6.07, 6.45) is 21.3. The van der Waals surface area contributed by atoms with Crippen LogP contribution in [-0.4, -0.2) is 77.5 Å². The summed E-state index contributed by atoms with van der Waals surface area (Å²) in [6.45, 7) is 4.16. The van der Waals surface area contributed by atoms with E-state index in [2.05, 4.69) is 21.9 Å². The quantitative estimate of drug-likeness (QED) is 0.0797. The lowest BCUT2D eigenvalue weighted by atomic mass is 10.0. The lowest BCUT2D eigenvalue weighted by Crippen LogP contribution is -2.26. The molecule has 0 spiro atoms. The van der Waals surface area contributed by atoms with Crippen molar-refractivity contribution in [2.75, 3.05) is 47.0 Å². The second-order valence-electron chi connectivity index (χ2n) is 10.9. The van der Waals surface area contributed by atoms with Crippen molar-refractivity contribution in [1.82, 2.24) is 19.5 Å². The van der Waals surface area contributed by atoms with E-state index in [-0.39, 0.29) is 13.2 Å². The third-order valence-corrected chi connectivity index (χ3v) is 8.22. The van der Waals surface area contributed by atoms with Crippen LogP contribution in [0.4, 0.5) is 0 Å². The van der Waals surface area contributed by atoms with Gasteiger partial charge >= 0.3 is 7.60 Å². The maximum absolute atomic E-state index is 12.5. The van der Waals surface area contributed by atoms with Crippen LogP contribution in [0, 0.1) is 0 Å². The fourth-order valence-electron chi connectivity index (χ4n) is 4.81. The number of unbranched alkanes of at least 4 members (excludes halogenated alkanes) is 13. The monoisotopic (exact) mass is 614 g/mol. The molecule has 2 heterocycles. The summed E-state index contributed by atoms with van der Waals surface area (Å²) in [5, 5.41) is 0. The van der Waals surface area contributed by atoms with E-state index in [1.54, 1.807) is 18.0 Å². The van der Waals surface area contributed by atoms with Gasteiger partial charge in [0.2, 0.25) is 5.88 Å². The van der Waals surface area contributed by atoms with Gasteiger partial charge in [-0.3, -0.25) is 4.57 Å². The Morgan fingerprint density at radius 3 is 2.07 bits per heavy atom. The van der Waals surface area contributed by atoms with E-state index in [9.17, 15) is 9.46 Å².